The molecule has 1 aliphatic heterocycles. The van der Waals surface area contributed by atoms with Gasteiger partial charge in [0.15, 0.2) is 0 Å². The fraction of sp³-hybridized carbons (Fsp3) is 0.533. The molecule has 2 heterocycles. The molecule has 1 N–H and O–H groups in total. The molecule has 1 aromatic rings. The zero-order valence-electron chi connectivity index (χ0n) is 13.2. The average Bonchev–Trinajstić information content (AvgIpc) is 2.88. The summed E-state index contributed by atoms with van der Waals surface area (Å²) in [4.78, 5) is 39.0. The van der Waals surface area contributed by atoms with Gasteiger partial charge in [0.1, 0.15) is 16.7 Å². The van der Waals surface area contributed by atoms with Crippen LogP contribution < -0.4 is 5.56 Å². The molecule has 0 unspecified atom stereocenters. The molecule has 1 atom stereocenters. The van der Waals surface area contributed by atoms with Gasteiger partial charge < -0.3 is 19.4 Å². The highest BCUT2D eigenvalue weighted by Crippen LogP contribution is 2.18. The van der Waals surface area contributed by atoms with Gasteiger partial charge in [0.25, 0.3) is 5.56 Å². The Labute approximate surface area is 138 Å². The minimum Gasteiger partial charge on any atom is -0.457 e. The molecule has 1 aliphatic rings. The number of amides is 1. The molecule has 23 heavy (non-hydrogen) atoms. The Balaban J connectivity index is 1.92. The maximum absolute atomic E-state index is 12.0. The lowest BCUT2D eigenvalue weighted by atomic mass is 10.2. The number of aromatic amines is 1. The number of nitrogens with one attached hydrogen (secondary N) is 1. The van der Waals surface area contributed by atoms with Crippen LogP contribution in [0.3, 0.4) is 0 Å². The SMILES string of the molecule is CC(C)(C)OC(=O)N1CC[C@@H](OC(=O)c2c[nH]c(=O)c(Cl)c2)C1. The van der Waals surface area contributed by atoms with Gasteiger partial charge in [0, 0.05) is 19.2 Å². The highest BCUT2D eigenvalue weighted by Gasteiger charge is 2.32. The largest absolute Gasteiger partial charge is 0.457 e. The summed E-state index contributed by atoms with van der Waals surface area (Å²) in [6.07, 6.45) is 0.933. The molecule has 0 spiro atoms. The summed E-state index contributed by atoms with van der Waals surface area (Å²) in [5.41, 5.74) is -0.885. The Morgan fingerprint density at radius 1 is 1.39 bits per heavy atom. The molecule has 0 bridgehead atoms. The molecule has 1 fully saturated rings. The van der Waals surface area contributed by atoms with Crippen LogP contribution in [-0.4, -0.2) is 46.7 Å². The second-order valence-corrected chi connectivity index (χ2v) is 6.71. The zero-order valence-corrected chi connectivity index (χ0v) is 14.0. The maximum atomic E-state index is 12.0. The van der Waals surface area contributed by atoms with Crippen LogP contribution in [0.4, 0.5) is 4.79 Å². The summed E-state index contributed by atoms with van der Waals surface area (Å²) < 4.78 is 10.6. The molecule has 1 aromatic heterocycles. The first-order valence-corrected chi connectivity index (χ1v) is 7.60. The number of nitrogens with zero attached hydrogens (tertiary/aromatic N) is 1. The summed E-state index contributed by atoms with van der Waals surface area (Å²) in [5.74, 6) is -0.598. The molecule has 7 nitrogen and oxygen atoms in total. The number of esters is 1. The van der Waals surface area contributed by atoms with Crippen LogP contribution in [0, 0.1) is 0 Å². The number of ether oxygens (including phenoxy) is 2. The summed E-state index contributed by atoms with van der Waals surface area (Å²) in [6.45, 7) is 6.10. The first kappa shape index (κ1) is 17.3. The molecule has 1 saturated heterocycles. The highest BCUT2D eigenvalue weighted by atomic mass is 35.5. The van der Waals surface area contributed by atoms with Gasteiger partial charge in [-0.25, -0.2) is 9.59 Å². The van der Waals surface area contributed by atoms with Gasteiger partial charge in [-0.3, -0.25) is 4.79 Å². The lowest BCUT2D eigenvalue weighted by molar-refractivity contribution is 0.0191. The van der Waals surface area contributed by atoms with Crippen molar-refractivity contribution in [3.8, 4) is 0 Å². The Kier molecular flexibility index (Phi) is 4.99. The van der Waals surface area contributed by atoms with E-state index in [1.54, 1.807) is 20.8 Å². The van der Waals surface area contributed by atoms with Crippen molar-refractivity contribution in [3.05, 3.63) is 33.2 Å². The number of halogens is 1. The smallest absolute Gasteiger partial charge is 0.410 e. The lowest BCUT2D eigenvalue weighted by Gasteiger charge is -2.24. The molecule has 126 valence electrons. The van der Waals surface area contributed by atoms with Crippen molar-refractivity contribution in [2.24, 2.45) is 0 Å². The molecule has 0 aliphatic carbocycles. The van der Waals surface area contributed by atoms with Crippen LogP contribution in [0.5, 0.6) is 0 Å². The number of aromatic nitrogens is 1. The predicted octanol–water partition coefficient (Wildman–Crippen LogP) is 2.19. The summed E-state index contributed by atoms with van der Waals surface area (Å²) >= 11 is 5.68. The zero-order chi connectivity index (χ0) is 17.2. The van der Waals surface area contributed by atoms with Crippen molar-refractivity contribution >= 4 is 23.7 Å². The predicted molar refractivity (Wildman–Crippen MR) is 83.7 cm³/mol. The minimum atomic E-state index is -0.598. The van der Waals surface area contributed by atoms with E-state index in [2.05, 4.69) is 4.98 Å². The van der Waals surface area contributed by atoms with Crippen LogP contribution >= 0.6 is 11.6 Å². The monoisotopic (exact) mass is 342 g/mol. The summed E-state index contributed by atoms with van der Waals surface area (Å²) in [5, 5.41) is -0.0822. The van der Waals surface area contributed by atoms with Crippen molar-refractivity contribution in [3.63, 3.8) is 0 Å². The van der Waals surface area contributed by atoms with E-state index < -0.39 is 29.3 Å². The third-order valence-electron chi connectivity index (χ3n) is 3.16. The van der Waals surface area contributed by atoms with Crippen LogP contribution in [-0.2, 0) is 9.47 Å². The number of pyridine rings is 1. The molecule has 8 heteroatoms. The number of likely N-dealkylation sites (tertiary alicyclic amines) is 1. The first-order chi connectivity index (χ1) is 10.7. The molecule has 0 saturated carbocycles. The third kappa shape index (κ3) is 4.72. The number of hydrogen-bond acceptors (Lipinski definition) is 5. The van der Waals surface area contributed by atoms with E-state index in [1.165, 1.54) is 17.2 Å². The average molecular weight is 343 g/mol. The van der Waals surface area contributed by atoms with E-state index >= 15 is 0 Å². The number of carbonyl (C=O) groups excluding carboxylic acids is 2. The maximum Gasteiger partial charge on any atom is 0.410 e. The van der Waals surface area contributed by atoms with E-state index in [-0.39, 0.29) is 17.1 Å². The fourth-order valence-electron chi connectivity index (χ4n) is 2.11. The van der Waals surface area contributed by atoms with Gasteiger partial charge in [0.2, 0.25) is 0 Å². The van der Waals surface area contributed by atoms with E-state index in [9.17, 15) is 14.4 Å². The van der Waals surface area contributed by atoms with Gasteiger partial charge in [-0.1, -0.05) is 11.6 Å². The first-order valence-electron chi connectivity index (χ1n) is 7.23. The van der Waals surface area contributed by atoms with Crippen molar-refractivity contribution < 1.29 is 19.1 Å². The van der Waals surface area contributed by atoms with Crippen molar-refractivity contribution in [1.29, 1.82) is 0 Å². The quantitative estimate of drug-likeness (QED) is 0.832. The third-order valence-corrected chi connectivity index (χ3v) is 3.44. The van der Waals surface area contributed by atoms with Crippen LogP contribution in [0.2, 0.25) is 5.02 Å². The Morgan fingerprint density at radius 2 is 2.09 bits per heavy atom. The summed E-state index contributed by atoms with van der Waals surface area (Å²) in [6, 6.07) is 1.25. The van der Waals surface area contributed by atoms with Crippen molar-refractivity contribution in [1.82, 2.24) is 9.88 Å². The number of rotatable bonds is 2. The Bertz CT molecular complexity index is 665. The van der Waals surface area contributed by atoms with Crippen LogP contribution in [0.15, 0.2) is 17.1 Å². The topological polar surface area (TPSA) is 88.7 Å². The van der Waals surface area contributed by atoms with E-state index in [4.69, 9.17) is 21.1 Å². The Hall–Kier alpha value is -2.02. The number of hydrogen-bond donors (Lipinski definition) is 1. The van der Waals surface area contributed by atoms with Gasteiger partial charge in [0.05, 0.1) is 12.1 Å². The second-order valence-electron chi connectivity index (χ2n) is 6.31. The highest BCUT2D eigenvalue weighted by molar-refractivity contribution is 6.30. The van der Waals surface area contributed by atoms with E-state index in [0.29, 0.717) is 13.0 Å². The summed E-state index contributed by atoms with van der Waals surface area (Å²) in [7, 11) is 0. The molecular weight excluding hydrogens is 324 g/mol. The van der Waals surface area contributed by atoms with Gasteiger partial charge in [-0.2, -0.15) is 0 Å². The molecule has 0 radical (unpaired) electrons. The normalized spacial score (nSPS) is 17.9. The molecule has 2 rings (SSSR count). The fourth-order valence-corrected chi connectivity index (χ4v) is 2.28. The van der Waals surface area contributed by atoms with Crippen LogP contribution in [0.25, 0.3) is 0 Å². The molecule has 1 amide bonds. The standard InChI is InChI=1S/C15H19ClN2O5/c1-15(2,3)23-14(21)18-5-4-10(8-18)22-13(20)9-6-11(16)12(19)17-7-9/h6-7,10H,4-5,8H2,1-3H3,(H,17,19)/t10-/m1/s1. The molecular formula is C15H19ClN2O5. The molecule has 0 aromatic carbocycles. The lowest BCUT2D eigenvalue weighted by Crippen LogP contribution is -2.36. The minimum absolute atomic E-state index is 0.0822. The van der Waals surface area contributed by atoms with E-state index in [0.717, 1.165) is 0 Å². The second kappa shape index (κ2) is 6.62. The van der Waals surface area contributed by atoms with Gasteiger partial charge in [-0.05, 0) is 26.8 Å². The van der Waals surface area contributed by atoms with Gasteiger partial charge >= 0.3 is 12.1 Å². The number of carbonyl (C=O) groups is 2. The van der Waals surface area contributed by atoms with Crippen molar-refractivity contribution in [2.75, 3.05) is 13.1 Å². The van der Waals surface area contributed by atoms with Crippen molar-refractivity contribution in [2.45, 2.75) is 38.9 Å². The Morgan fingerprint density at radius 3 is 2.70 bits per heavy atom. The number of H-pyrrole nitrogens is 1. The van der Waals surface area contributed by atoms with Crippen LogP contribution in [0.1, 0.15) is 37.6 Å². The van der Waals surface area contributed by atoms with E-state index in [1.807, 2.05) is 0 Å². The van der Waals surface area contributed by atoms with Gasteiger partial charge in [-0.15, -0.1) is 0 Å².